The number of methoxy groups -OCH3 is 2. The summed E-state index contributed by atoms with van der Waals surface area (Å²) < 4.78 is 24.6. The van der Waals surface area contributed by atoms with Crippen LogP contribution in [0.1, 0.15) is 39.8 Å². The van der Waals surface area contributed by atoms with E-state index < -0.39 is 5.97 Å². The fourth-order valence-electron chi connectivity index (χ4n) is 6.40. The molecule has 41 heavy (non-hydrogen) atoms. The summed E-state index contributed by atoms with van der Waals surface area (Å²) in [7, 11) is 2.99. The van der Waals surface area contributed by atoms with Crippen LogP contribution >= 0.6 is 0 Å². The molecular weight excluding hydrogens is 520 g/mol. The first kappa shape index (κ1) is 26.0. The average molecular weight is 555 g/mol. The molecule has 1 saturated carbocycles. The lowest BCUT2D eigenvalue weighted by Crippen LogP contribution is -2.33. The molecule has 0 spiro atoms. The number of ether oxygens (including phenoxy) is 4. The minimum atomic E-state index is -0.395. The van der Waals surface area contributed by atoms with Crippen LogP contribution in [0, 0.1) is 11.8 Å². The van der Waals surface area contributed by atoms with Gasteiger partial charge in [0.05, 0.1) is 44.5 Å². The summed E-state index contributed by atoms with van der Waals surface area (Å²) in [5.74, 6) is 3.45. The maximum Gasteiger partial charge on any atom is 0.338 e. The van der Waals surface area contributed by atoms with Crippen molar-refractivity contribution in [2.24, 2.45) is 11.8 Å². The van der Waals surface area contributed by atoms with Crippen molar-refractivity contribution in [2.45, 2.75) is 38.1 Å². The molecule has 2 aliphatic heterocycles. The molecule has 3 fully saturated rings. The third-order valence-corrected chi connectivity index (χ3v) is 8.67. The molecule has 0 unspecified atom stereocenters. The number of hydrogen-bond donors (Lipinski definition) is 0. The van der Waals surface area contributed by atoms with E-state index in [1.807, 2.05) is 30.3 Å². The summed E-state index contributed by atoms with van der Waals surface area (Å²) in [5, 5.41) is 0. The van der Waals surface area contributed by atoms with Gasteiger partial charge in [0.1, 0.15) is 23.7 Å². The fourth-order valence-corrected chi connectivity index (χ4v) is 6.40. The molecule has 4 heterocycles. The topological polar surface area (TPSA) is 87.9 Å². The maximum atomic E-state index is 12.4. The van der Waals surface area contributed by atoms with Crippen molar-refractivity contribution in [1.82, 2.24) is 19.4 Å². The molecule has 7 rings (SSSR count). The molecule has 9 nitrogen and oxygen atoms in total. The van der Waals surface area contributed by atoms with Crippen molar-refractivity contribution < 1.29 is 23.7 Å². The molecule has 3 aliphatic rings. The number of carbonyl (C=O) groups is 1. The van der Waals surface area contributed by atoms with Crippen molar-refractivity contribution in [2.75, 3.05) is 33.9 Å². The highest BCUT2D eigenvalue weighted by Gasteiger charge is 2.57. The van der Waals surface area contributed by atoms with E-state index in [2.05, 4.69) is 33.7 Å². The van der Waals surface area contributed by atoms with E-state index in [4.69, 9.17) is 28.9 Å². The fraction of sp³-hybridized carbons (Fsp3) is 0.406. The minimum absolute atomic E-state index is 0.151. The van der Waals surface area contributed by atoms with Crippen LogP contribution in [0.25, 0.3) is 11.0 Å². The summed E-state index contributed by atoms with van der Waals surface area (Å²) in [5.41, 5.74) is 4.33. The van der Waals surface area contributed by atoms with Crippen molar-refractivity contribution in [3.05, 3.63) is 83.3 Å². The van der Waals surface area contributed by atoms with Crippen molar-refractivity contribution in [1.29, 1.82) is 0 Å². The van der Waals surface area contributed by atoms with Gasteiger partial charge in [0.2, 0.25) is 5.88 Å². The maximum absolute atomic E-state index is 12.4. The monoisotopic (exact) mass is 554 g/mol. The number of piperidine rings is 1. The third kappa shape index (κ3) is 5.04. The standard InChI is InChI=1S/C32H34N4O5/c1-38-27-14-21(32(37)39-2)13-26-31(27)34-28(36(26)15-22-11-12-40-22)18-35-16-23-24(17-35)30(23)25-9-6-10-29(33-25)41-19-20-7-4-3-5-8-20/h3-10,13-14,22-24,30H,11-12,15-19H2,1-2H3/t22-,23-,24+,30+/m0/s1. The SMILES string of the molecule is COC(=O)c1cc(OC)c2nc(CN3C[C@@H]4[C@H](C3)[C@H]4c3cccc(OCc4ccccc4)n3)n(C[C@@H]3CCO3)c2c1. The highest BCUT2D eigenvalue weighted by atomic mass is 16.5. The molecule has 9 heteroatoms. The van der Waals surface area contributed by atoms with Gasteiger partial charge in [-0.25, -0.2) is 14.8 Å². The van der Waals surface area contributed by atoms with Gasteiger partial charge in [-0.3, -0.25) is 4.90 Å². The predicted molar refractivity (Wildman–Crippen MR) is 152 cm³/mol. The van der Waals surface area contributed by atoms with Crippen LogP contribution in [0.5, 0.6) is 11.6 Å². The Labute approximate surface area is 239 Å². The van der Waals surface area contributed by atoms with Crippen LogP contribution in [0.3, 0.4) is 0 Å². The number of benzene rings is 2. The molecule has 212 valence electrons. The van der Waals surface area contributed by atoms with E-state index >= 15 is 0 Å². The molecule has 0 N–H and O–H groups in total. The molecule has 0 bridgehead atoms. The lowest BCUT2D eigenvalue weighted by Gasteiger charge is -2.28. The lowest BCUT2D eigenvalue weighted by atomic mass is 10.1. The summed E-state index contributed by atoms with van der Waals surface area (Å²) in [6.45, 7) is 4.72. The molecule has 4 aromatic rings. The van der Waals surface area contributed by atoms with Gasteiger partial charge >= 0.3 is 5.97 Å². The van der Waals surface area contributed by atoms with Crippen LogP contribution in [0.15, 0.2) is 60.7 Å². The van der Waals surface area contributed by atoms with Gasteiger partial charge in [-0.1, -0.05) is 36.4 Å². The first-order chi connectivity index (χ1) is 20.1. The highest BCUT2D eigenvalue weighted by molar-refractivity contribution is 5.96. The Hall–Kier alpha value is -3.95. The van der Waals surface area contributed by atoms with Crippen LogP contribution in [0.4, 0.5) is 0 Å². The Kier molecular flexibility index (Phi) is 6.84. The highest BCUT2D eigenvalue weighted by Crippen LogP contribution is 2.58. The van der Waals surface area contributed by atoms with Crippen LogP contribution in [-0.4, -0.2) is 65.4 Å². The number of esters is 1. The van der Waals surface area contributed by atoms with E-state index in [0.717, 1.165) is 60.8 Å². The summed E-state index contributed by atoms with van der Waals surface area (Å²) in [4.78, 5) is 24.7. The van der Waals surface area contributed by atoms with Crippen LogP contribution in [0.2, 0.25) is 0 Å². The number of pyridine rings is 1. The molecular formula is C32H34N4O5. The molecule has 0 amide bonds. The predicted octanol–water partition coefficient (Wildman–Crippen LogP) is 4.44. The quantitative estimate of drug-likeness (QED) is 0.266. The van der Waals surface area contributed by atoms with Crippen molar-refractivity contribution in [3.8, 4) is 11.6 Å². The zero-order valence-corrected chi connectivity index (χ0v) is 23.4. The van der Waals surface area contributed by atoms with Gasteiger partial charge < -0.3 is 23.5 Å². The number of likely N-dealkylation sites (tertiary alicyclic amines) is 1. The second-order valence-corrected chi connectivity index (χ2v) is 11.2. The summed E-state index contributed by atoms with van der Waals surface area (Å²) >= 11 is 0. The zero-order valence-electron chi connectivity index (χ0n) is 23.4. The van der Waals surface area contributed by atoms with Gasteiger partial charge in [0.25, 0.3) is 0 Å². The van der Waals surface area contributed by atoms with Crippen LogP contribution < -0.4 is 9.47 Å². The van der Waals surface area contributed by atoms with Gasteiger partial charge in [0.15, 0.2) is 0 Å². The third-order valence-electron chi connectivity index (χ3n) is 8.67. The molecule has 1 aliphatic carbocycles. The molecule has 2 aromatic carbocycles. The van der Waals surface area contributed by atoms with E-state index in [1.165, 1.54) is 7.11 Å². The van der Waals surface area contributed by atoms with Crippen molar-refractivity contribution >= 4 is 17.0 Å². The molecule has 4 atom stereocenters. The molecule has 0 radical (unpaired) electrons. The Morgan fingerprint density at radius 3 is 2.54 bits per heavy atom. The minimum Gasteiger partial charge on any atom is -0.494 e. The van der Waals surface area contributed by atoms with E-state index in [1.54, 1.807) is 13.2 Å². The van der Waals surface area contributed by atoms with Gasteiger partial charge in [-0.2, -0.15) is 0 Å². The number of aromatic nitrogens is 3. The summed E-state index contributed by atoms with van der Waals surface area (Å²) in [6, 6.07) is 19.8. The van der Waals surface area contributed by atoms with Crippen LogP contribution in [-0.2, 0) is 29.2 Å². The summed E-state index contributed by atoms with van der Waals surface area (Å²) in [6.07, 6.45) is 1.17. The Balaban J connectivity index is 1.06. The Morgan fingerprint density at radius 1 is 1.02 bits per heavy atom. The number of carbonyl (C=O) groups excluding carboxylic acids is 1. The first-order valence-corrected chi connectivity index (χ1v) is 14.2. The van der Waals surface area contributed by atoms with Gasteiger partial charge in [0, 0.05) is 37.4 Å². The number of imidazole rings is 1. The first-order valence-electron chi connectivity index (χ1n) is 14.2. The number of hydrogen-bond acceptors (Lipinski definition) is 8. The normalized spacial score (nSPS) is 23.2. The average Bonchev–Trinajstić information content (AvgIpc) is 3.29. The second-order valence-electron chi connectivity index (χ2n) is 11.2. The lowest BCUT2D eigenvalue weighted by molar-refractivity contribution is -0.0591. The Bertz CT molecular complexity index is 1560. The smallest absolute Gasteiger partial charge is 0.338 e. The van der Waals surface area contributed by atoms with E-state index in [-0.39, 0.29) is 6.10 Å². The molecule has 2 saturated heterocycles. The number of fused-ring (bicyclic) bond motifs is 2. The Morgan fingerprint density at radius 2 is 1.83 bits per heavy atom. The number of rotatable bonds is 10. The van der Waals surface area contributed by atoms with E-state index in [9.17, 15) is 4.79 Å². The van der Waals surface area contributed by atoms with Crippen molar-refractivity contribution in [3.63, 3.8) is 0 Å². The molecule has 2 aromatic heterocycles. The van der Waals surface area contributed by atoms with E-state index in [0.29, 0.717) is 48.1 Å². The second kappa shape index (κ2) is 10.8. The van der Waals surface area contributed by atoms with Gasteiger partial charge in [-0.05, 0) is 42.0 Å². The largest absolute Gasteiger partial charge is 0.494 e. The zero-order chi connectivity index (χ0) is 27.9. The van der Waals surface area contributed by atoms with Gasteiger partial charge in [-0.15, -0.1) is 0 Å². The number of nitrogens with zero attached hydrogens (tertiary/aromatic N) is 4.